The molecule has 2 amide bonds. The van der Waals surface area contributed by atoms with Gasteiger partial charge in [-0.1, -0.05) is 6.07 Å². The summed E-state index contributed by atoms with van der Waals surface area (Å²) in [6.45, 7) is 4.22. The summed E-state index contributed by atoms with van der Waals surface area (Å²) in [7, 11) is 0. The van der Waals surface area contributed by atoms with Gasteiger partial charge in [-0.2, -0.15) is 5.10 Å². The van der Waals surface area contributed by atoms with E-state index in [2.05, 4.69) is 15.3 Å². The number of amides is 2. The first kappa shape index (κ1) is 16.1. The van der Waals surface area contributed by atoms with Crippen molar-refractivity contribution in [3.8, 4) is 5.69 Å². The fourth-order valence-electron chi connectivity index (χ4n) is 3.90. The van der Waals surface area contributed by atoms with Gasteiger partial charge in [0.15, 0.2) is 0 Å². The van der Waals surface area contributed by atoms with Gasteiger partial charge < -0.3 is 15.1 Å². The topological polar surface area (TPSA) is 53.4 Å². The molecule has 1 N–H and O–H groups in total. The minimum absolute atomic E-state index is 0.0133. The van der Waals surface area contributed by atoms with Crippen molar-refractivity contribution >= 4 is 11.7 Å². The second-order valence-corrected chi connectivity index (χ2v) is 6.93. The molecule has 6 heteroatoms. The van der Waals surface area contributed by atoms with Crippen LogP contribution in [0.15, 0.2) is 42.7 Å². The maximum atomic E-state index is 12.8. The number of hydrogen-bond acceptors (Lipinski definition) is 3. The number of nitrogens with one attached hydrogen (secondary N) is 1. The number of aromatic nitrogens is 2. The van der Waals surface area contributed by atoms with Gasteiger partial charge in [-0.15, -0.1) is 0 Å². The third kappa shape index (κ3) is 3.69. The first-order chi connectivity index (χ1) is 12.3. The lowest BCUT2D eigenvalue weighted by Crippen LogP contribution is -2.44. The fourth-order valence-corrected chi connectivity index (χ4v) is 3.90. The van der Waals surface area contributed by atoms with Crippen LogP contribution in [-0.2, 0) is 0 Å². The molecule has 0 bridgehead atoms. The van der Waals surface area contributed by atoms with Gasteiger partial charge in [0.1, 0.15) is 0 Å². The number of carbonyl (C=O) groups is 1. The van der Waals surface area contributed by atoms with Crippen molar-refractivity contribution in [2.45, 2.75) is 31.7 Å². The van der Waals surface area contributed by atoms with Gasteiger partial charge in [-0.3, -0.25) is 0 Å². The van der Waals surface area contributed by atoms with Crippen molar-refractivity contribution in [3.63, 3.8) is 0 Å². The first-order valence-corrected chi connectivity index (χ1v) is 9.20. The summed E-state index contributed by atoms with van der Waals surface area (Å²) in [4.78, 5) is 17.3. The summed E-state index contributed by atoms with van der Waals surface area (Å²) < 4.78 is 1.79. The monoisotopic (exact) mass is 339 g/mol. The highest BCUT2D eigenvalue weighted by molar-refractivity contribution is 5.90. The Hall–Kier alpha value is -2.34. The number of benzene rings is 1. The molecule has 2 aliphatic rings. The number of anilines is 1. The zero-order chi connectivity index (χ0) is 17.1. The summed E-state index contributed by atoms with van der Waals surface area (Å²) >= 11 is 0. The molecule has 1 atom stereocenters. The number of nitrogens with zero attached hydrogens (tertiary/aromatic N) is 4. The molecule has 2 aromatic rings. The Morgan fingerprint density at radius 2 is 2.04 bits per heavy atom. The van der Waals surface area contributed by atoms with Gasteiger partial charge in [0, 0.05) is 37.2 Å². The lowest BCUT2D eigenvalue weighted by atomic mass is 10.2. The fraction of sp³-hybridized carbons (Fsp3) is 0.474. The highest BCUT2D eigenvalue weighted by Crippen LogP contribution is 2.22. The van der Waals surface area contributed by atoms with Crippen LogP contribution < -0.4 is 5.32 Å². The van der Waals surface area contributed by atoms with E-state index >= 15 is 0 Å². The van der Waals surface area contributed by atoms with Crippen molar-refractivity contribution in [1.29, 1.82) is 0 Å². The number of carbonyl (C=O) groups excluding carboxylic acids is 1. The van der Waals surface area contributed by atoms with E-state index in [1.807, 2.05) is 41.4 Å². The Morgan fingerprint density at radius 3 is 2.84 bits per heavy atom. The Labute approximate surface area is 148 Å². The maximum Gasteiger partial charge on any atom is 0.322 e. The van der Waals surface area contributed by atoms with Crippen molar-refractivity contribution in [1.82, 2.24) is 19.6 Å². The standard InChI is InChI=1S/C19H25N5O/c25-19(23-12-4-8-18(23)15-22-10-1-2-11-22)21-16-6-3-7-17(14-16)24-13-5-9-20-24/h3,5-7,9,13-14,18H,1-2,4,8,10-12,15H2,(H,21,25). The van der Waals surface area contributed by atoms with Crippen LogP contribution in [0.25, 0.3) is 5.69 Å². The Balaban J connectivity index is 1.41. The third-order valence-corrected chi connectivity index (χ3v) is 5.17. The number of likely N-dealkylation sites (tertiary alicyclic amines) is 2. The van der Waals surface area contributed by atoms with Gasteiger partial charge in [0.05, 0.1) is 5.69 Å². The number of rotatable bonds is 4. The van der Waals surface area contributed by atoms with E-state index in [1.165, 1.54) is 25.9 Å². The smallest absolute Gasteiger partial charge is 0.320 e. The highest BCUT2D eigenvalue weighted by Gasteiger charge is 2.30. The summed E-state index contributed by atoms with van der Waals surface area (Å²) in [5.41, 5.74) is 1.75. The van der Waals surface area contributed by atoms with Gasteiger partial charge in [0.25, 0.3) is 0 Å². The minimum atomic E-state index is 0.0133. The van der Waals surface area contributed by atoms with Crippen LogP contribution in [0, 0.1) is 0 Å². The molecule has 0 spiro atoms. The SMILES string of the molecule is O=C(Nc1cccc(-n2cccn2)c1)N1CCCC1CN1CCCC1. The molecule has 2 saturated heterocycles. The molecular formula is C19H25N5O. The van der Waals surface area contributed by atoms with E-state index in [4.69, 9.17) is 0 Å². The molecular weight excluding hydrogens is 314 g/mol. The van der Waals surface area contributed by atoms with Crippen LogP contribution in [-0.4, -0.2) is 57.8 Å². The van der Waals surface area contributed by atoms with Crippen molar-refractivity contribution in [2.24, 2.45) is 0 Å². The summed E-state index contributed by atoms with van der Waals surface area (Å²) in [6.07, 6.45) is 8.43. The van der Waals surface area contributed by atoms with E-state index in [9.17, 15) is 4.79 Å². The molecule has 1 aromatic heterocycles. The van der Waals surface area contributed by atoms with E-state index in [0.717, 1.165) is 37.3 Å². The third-order valence-electron chi connectivity index (χ3n) is 5.17. The summed E-state index contributed by atoms with van der Waals surface area (Å²) in [5, 5.41) is 7.31. The van der Waals surface area contributed by atoms with E-state index in [-0.39, 0.29) is 6.03 Å². The Kier molecular flexibility index (Phi) is 4.70. The van der Waals surface area contributed by atoms with Gasteiger partial charge in [0.2, 0.25) is 0 Å². The Morgan fingerprint density at radius 1 is 1.16 bits per heavy atom. The van der Waals surface area contributed by atoms with Gasteiger partial charge in [-0.25, -0.2) is 9.48 Å². The summed E-state index contributed by atoms with van der Waals surface area (Å²) in [6, 6.07) is 10.0. The Bertz CT molecular complexity index is 708. The molecule has 2 aliphatic heterocycles. The van der Waals surface area contributed by atoms with E-state index in [1.54, 1.807) is 10.9 Å². The predicted molar refractivity (Wildman–Crippen MR) is 98.0 cm³/mol. The van der Waals surface area contributed by atoms with Crippen molar-refractivity contribution in [3.05, 3.63) is 42.7 Å². The molecule has 0 radical (unpaired) electrons. The quantitative estimate of drug-likeness (QED) is 0.932. The predicted octanol–water partition coefficient (Wildman–Crippen LogP) is 2.96. The van der Waals surface area contributed by atoms with Crippen LogP contribution in [0.5, 0.6) is 0 Å². The second kappa shape index (κ2) is 7.27. The average molecular weight is 339 g/mol. The minimum Gasteiger partial charge on any atom is -0.320 e. The maximum absolute atomic E-state index is 12.8. The van der Waals surface area contributed by atoms with Crippen molar-refractivity contribution < 1.29 is 4.79 Å². The second-order valence-electron chi connectivity index (χ2n) is 6.93. The molecule has 132 valence electrons. The van der Waals surface area contributed by atoms with E-state index in [0.29, 0.717) is 6.04 Å². The van der Waals surface area contributed by atoms with Gasteiger partial charge in [-0.05, 0) is 63.0 Å². The zero-order valence-corrected chi connectivity index (χ0v) is 14.5. The van der Waals surface area contributed by atoms with Crippen LogP contribution in [0.3, 0.4) is 0 Å². The molecule has 6 nitrogen and oxygen atoms in total. The summed E-state index contributed by atoms with van der Waals surface area (Å²) in [5.74, 6) is 0. The lowest BCUT2D eigenvalue weighted by molar-refractivity contribution is 0.186. The molecule has 0 aliphatic carbocycles. The highest BCUT2D eigenvalue weighted by atomic mass is 16.2. The lowest BCUT2D eigenvalue weighted by Gasteiger charge is -2.28. The molecule has 3 heterocycles. The van der Waals surface area contributed by atoms with E-state index < -0.39 is 0 Å². The van der Waals surface area contributed by atoms with Crippen LogP contribution >= 0.6 is 0 Å². The zero-order valence-electron chi connectivity index (χ0n) is 14.5. The van der Waals surface area contributed by atoms with Crippen molar-refractivity contribution in [2.75, 3.05) is 31.5 Å². The molecule has 25 heavy (non-hydrogen) atoms. The molecule has 0 saturated carbocycles. The molecule has 1 unspecified atom stereocenters. The van der Waals surface area contributed by atoms with Crippen LogP contribution in [0.4, 0.5) is 10.5 Å². The first-order valence-electron chi connectivity index (χ1n) is 9.20. The normalized spacial score (nSPS) is 21.0. The average Bonchev–Trinajstić information content (AvgIpc) is 3.38. The largest absolute Gasteiger partial charge is 0.322 e. The number of hydrogen-bond donors (Lipinski definition) is 1. The molecule has 4 rings (SSSR count). The number of urea groups is 1. The molecule has 2 fully saturated rings. The molecule has 1 aromatic carbocycles. The van der Waals surface area contributed by atoms with Crippen LogP contribution in [0.1, 0.15) is 25.7 Å². The van der Waals surface area contributed by atoms with Gasteiger partial charge >= 0.3 is 6.03 Å². The van der Waals surface area contributed by atoms with Crippen LogP contribution in [0.2, 0.25) is 0 Å².